The van der Waals surface area contributed by atoms with Crippen molar-refractivity contribution >= 4 is 26.0 Å². The highest BCUT2D eigenvalue weighted by molar-refractivity contribution is 6.74. The van der Waals surface area contributed by atoms with Gasteiger partial charge in [0, 0.05) is 36.2 Å². The third-order valence-electron chi connectivity index (χ3n) is 7.15. The molecule has 0 atom stereocenters. The monoisotopic (exact) mass is 496 g/mol. The maximum atomic E-state index is 12.3. The van der Waals surface area contributed by atoms with E-state index in [4.69, 9.17) is 20.8 Å². The molecule has 1 aliphatic carbocycles. The SMILES string of the molecule is CC(C)(C)OC(=O)NCC1(c2cccc(Cl)c2)CCC(NCCO[Si](C)(C)C(C)(C)C)CC1. The molecule has 1 fully saturated rings. The highest BCUT2D eigenvalue weighted by atomic mass is 35.5. The van der Waals surface area contributed by atoms with Crippen LogP contribution in [0.5, 0.6) is 0 Å². The first-order valence-electron chi connectivity index (χ1n) is 12.2. The molecule has 0 heterocycles. The van der Waals surface area contributed by atoms with Crippen molar-refractivity contribution in [3.8, 4) is 0 Å². The van der Waals surface area contributed by atoms with Gasteiger partial charge in [0.05, 0.1) is 0 Å². The van der Waals surface area contributed by atoms with E-state index >= 15 is 0 Å². The summed E-state index contributed by atoms with van der Waals surface area (Å²) < 4.78 is 11.8. The van der Waals surface area contributed by atoms with Gasteiger partial charge in [-0.15, -0.1) is 0 Å². The number of hydrogen-bond acceptors (Lipinski definition) is 4. The molecule has 7 heteroatoms. The average Bonchev–Trinajstić information content (AvgIpc) is 2.68. The van der Waals surface area contributed by atoms with Crippen molar-refractivity contribution < 1.29 is 14.0 Å². The Morgan fingerprint density at radius 2 is 1.79 bits per heavy atom. The fraction of sp³-hybridized carbons (Fsp3) is 0.731. The van der Waals surface area contributed by atoms with Gasteiger partial charge >= 0.3 is 6.09 Å². The second-order valence-corrected chi connectivity index (χ2v) is 17.2. The first kappa shape index (κ1) is 28.2. The van der Waals surface area contributed by atoms with Crippen molar-refractivity contribution in [3.05, 3.63) is 34.9 Å². The molecule has 0 unspecified atom stereocenters. The molecular formula is C26H45ClN2O3Si. The van der Waals surface area contributed by atoms with E-state index in [0.29, 0.717) is 12.6 Å². The van der Waals surface area contributed by atoms with Gasteiger partial charge < -0.3 is 19.8 Å². The molecule has 2 N–H and O–H groups in total. The summed E-state index contributed by atoms with van der Waals surface area (Å²) in [5.41, 5.74) is 0.532. The summed E-state index contributed by atoms with van der Waals surface area (Å²) >= 11 is 6.32. The van der Waals surface area contributed by atoms with Gasteiger partial charge in [0.2, 0.25) is 0 Å². The van der Waals surface area contributed by atoms with E-state index < -0.39 is 13.9 Å². The van der Waals surface area contributed by atoms with Crippen LogP contribution in [0.2, 0.25) is 23.2 Å². The summed E-state index contributed by atoms with van der Waals surface area (Å²) in [5.74, 6) is 0. The Kier molecular flexibility index (Phi) is 9.48. The summed E-state index contributed by atoms with van der Waals surface area (Å²) in [6.45, 7) is 19.2. The normalized spacial score (nSPS) is 22.2. The Bertz CT molecular complexity index is 778. The number of ether oxygens (including phenoxy) is 1. The summed E-state index contributed by atoms with van der Waals surface area (Å²) in [6.07, 6.45) is 3.67. The second kappa shape index (κ2) is 11.1. The molecule has 1 saturated carbocycles. The van der Waals surface area contributed by atoms with Gasteiger partial charge in [-0.1, -0.05) is 44.5 Å². The lowest BCUT2D eigenvalue weighted by Crippen LogP contribution is -2.48. The molecule has 0 aromatic heterocycles. The Morgan fingerprint density at radius 1 is 1.15 bits per heavy atom. The van der Waals surface area contributed by atoms with Crippen LogP contribution in [-0.4, -0.2) is 45.7 Å². The van der Waals surface area contributed by atoms with Crippen LogP contribution in [0.25, 0.3) is 0 Å². The van der Waals surface area contributed by atoms with Crippen LogP contribution in [-0.2, 0) is 14.6 Å². The first-order chi connectivity index (χ1) is 15.1. The number of alkyl carbamates (subject to hydrolysis) is 1. The molecular weight excluding hydrogens is 452 g/mol. The number of carbonyl (C=O) groups excluding carboxylic acids is 1. The molecule has 1 amide bonds. The molecule has 0 bridgehead atoms. The lowest BCUT2D eigenvalue weighted by atomic mass is 9.68. The lowest BCUT2D eigenvalue weighted by molar-refractivity contribution is 0.0505. The predicted molar refractivity (Wildman–Crippen MR) is 141 cm³/mol. The molecule has 5 nitrogen and oxygen atoms in total. The standard InChI is InChI=1S/C26H45ClN2O3Si/c1-24(2,3)32-23(30)29-19-26(20-10-9-11-21(27)18-20)14-12-22(13-15-26)28-16-17-31-33(7,8)25(4,5)6/h9-11,18,22,28H,12-17,19H2,1-8H3,(H,29,30). The van der Waals surface area contributed by atoms with Gasteiger partial charge in [-0.3, -0.25) is 0 Å². The lowest BCUT2D eigenvalue weighted by Gasteiger charge is -2.41. The smallest absolute Gasteiger partial charge is 0.407 e. The zero-order chi connectivity index (χ0) is 24.9. The van der Waals surface area contributed by atoms with E-state index in [1.54, 1.807) is 0 Å². The topological polar surface area (TPSA) is 59.6 Å². The van der Waals surface area contributed by atoms with Crippen LogP contribution in [0.1, 0.15) is 72.8 Å². The second-order valence-electron chi connectivity index (χ2n) is 12.0. The van der Waals surface area contributed by atoms with Crippen LogP contribution in [0.4, 0.5) is 4.79 Å². The summed E-state index contributed by atoms with van der Waals surface area (Å²) in [6, 6.07) is 8.52. The molecule has 0 spiro atoms. The summed E-state index contributed by atoms with van der Waals surface area (Å²) in [4.78, 5) is 12.3. The molecule has 0 radical (unpaired) electrons. The maximum absolute atomic E-state index is 12.3. The third-order valence-corrected chi connectivity index (χ3v) is 11.9. The number of benzene rings is 1. The van der Waals surface area contributed by atoms with Crippen molar-refractivity contribution in [3.63, 3.8) is 0 Å². The molecule has 188 valence electrons. The number of nitrogens with one attached hydrogen (secondary N) is 2. The number of amides is 1. The Balaban J connectivity index is 1.95. The van der Waals surface area contributed by atoms with Crippen LogP contribution < -0.4 is 10.6 Å². The molecule has 1 aliphatic rings. The Morgan fingerprint density at radius 3 is 2.33 bits per heavy atom. The Hall–Kier alpha value is -1.08. The van der Waals surface area contributed by atoms with Crippen LogP contribution >= 0.6 is 11.6 Å². The van der Waals surface area contributed by atoms with Crippen molar-refractivity contribution in [2.45, 2.75) is 102 Å². The number of halogens is 1. The van der Waals surface area contributed by atoms with E-state index in [9.17, 15) is 4.79 Å². The van der Waals surface area contributed by atoms with E-state index in [1.165, 1.54) is 5.56 Å². The molecule has 0 saturated heterocycles. The van der Waals surface area contributed by atoms with Gasteiger partial charge in [0.1, 0.15) is 5.60 Å². The van der Waals surface area contributed by atoms with Crippen LogP contribution in [0, 0.1) is 0 Å². The van der Waals surface area contributed by atoms with E-state index in [-0.39, 0.29) is 16.5 Å². The van der Waals surface area contributed by atoms with Crippen LogP contribution in [0.15, 0.2) is 24.3 Å². The molecule has 1 aromatic carbocycles. The average molecular weight is 497 g/mol. The fourth-order valence-electron chi connectivity index (χ4n) is 4.10. The first-order valence-corrected chi connectivity index (χ1v) is 15.5. The minimum absolute atomic E-state index is 0.141. The fourth-order valence-corrected chi connectivity index (χ4v) is 5.34. The molecule has 33 heavy (non-hydrogen) atoms. The van der Waals surface area contributed by atoms with Gasteiger partial charge in [-0.05, 0) is 82.3 Å². The van der Waals surface area contributed by atoms with Crippen molar-refractivity contribution in [1.29, 1.82) is 0 Å². The maximum Gasteiger partial charge on any atom is 0.407 e. The van der Waals surface area contributed by atoms with Gasteiger partial charge in [-0.25, -0.2) is 4.79 Å². The summed E-state index contributed by atoms with van der Waals surface area (Å²) in [7, 11) is -1.71. The largest absolute Gasteiger partial charge is 0.444 e. The number of hydrogen-bond donors (Lipinski definition) is 2. The van der Waals surface area contributed by atoms with Crippen LogP contribution in [0.3, 0.4) is 0 Å². The number of rotatable bonds is 8. The van der Waals surface area contributed by atoms with E-state index in [1.807, 2.05) is 39.0 Å². The minimum Gasteiger partial charge on any atom is -0.444 e. The van der Waals surface area contributed by atoms with Crippen molar-refractivity contribution in [2.24, 2.45) is 0 Å². The van der Waals surface area contributed by atoms with Crippen molar-refractivity contribution in [2.75, 3.05) is 19.7 Å². The predicted octanol–water partition coefficient (Wildman–Crippen LogP) is 6.66. The molecule has 1 aromatic rings. The highest BCUT2D eigenvalue weighted by Crippen LogP contribution is 2.40. The van der Waals surface area contributed by atoms with E-state index in [0.717, 1.165) is 43.9 Å². The zero-order valence-corrected chi connectivity index (χ0v) is 23.7. The minimum atomic E-state index is -1.71. The summed E-state index contributed by atoms with van der Waals surface area (Å²) in [5, 5.41) is 7.69. The van der Waals surface area contributed by atoms with Gasteiger partial charge in [0.15, 0.2) is 8.32 Å². The van der Waals surface area contributed by atoms with Gasteiger partial charge in [0.25, 0.3) is 0 Å². The quantitative estimate of drug-likeness (QED) is 0.312. The van der Waals surface area contributed by atoms with Crippen molar-refractivity contribution in [1.82, 2.24) is 10.6 Å². The Labute approximate surface area is 207 Å². The molecule has 2 rings (SSSR count). The van der Waals surface area contributed by atoms with E-state index in [2.05, 4.69) is 50.6 Å². The highest BCUT2D eigenvalue weighted by Gasteiger charge is 2.39. The third kappa shape index (κ3) is 8.57. The number of carbonyl (C=O) groups is 1. The molecule has 0 aliphatic heterocycles. The zero-order valence-electron chi connectivity index (χ0n) is 21.9. The van der Waals surface area contributed by atoms with Gasteiger partial charge in [-0.2, -0.15) is 0 Å².